The van der Waals surface area contributed by atoms with E-state index in [4.69, 9.17) is 27.9 Å². The number of ether oxygens (including phenoxy) is 1. The highest BCUT2D eigenvalue weighted by molar-refractivity contribution is 7.99. The van der Waals surface area contributed by atoms with Gasteiger partial charge in [-0.1, -0.05) is 29.6 Å². The van der Waals surface area contributed by atoms with E-state index in [1.165, 1.54) is 25.0 Å². The molecule has 21 heavy (non-hydrogen) atoms. The molecule has 1 saturated heterocycles. The lowest BCUT2D eigenvalue weighted by Gasteiger charge is -2.22. The Morgan fingerprint density at radius 1 is 1.38 bits per heavy atom. The van der Waals surface area contributed by atoms with E-state index >= 15 is 0 Å². The van der Waals surface area contributed by atoms with Gasteiger partial charge in [0.1, 0.15) is 18.5 Å². The first-order valence-electron chi connectivity index (χ1n) is 7.23. The van der Waals surface area contributed by atoms with Crippen LogP contribution in [0.25, 0.3) is 0 Å². The van der Waals surface area contributed by atoms with Crippen LogP contribution in [0.5, 0.6) is 5.75 Å². The molecule has 0 amide bonds. The van der Waals surface area contributed by atoms with Crippen LogP contribution in [-0.2, 0) is 0 Å². The van der Waals surface area contributed by atoms with E-state index in [0.29, 0.717) is 27.6 Å². The minimum atomic E-state index is -0.551. The van der Waals surface area contributed by atoms with Gasteiger partial charge in [-0.2, -0.15) is 11.8 Å². The van der Waals surface area contributed by atoms with E-state index in [2.05, 4.69) is 5.32 Å². The molecule has 1 fully saturated rings. The van der Waals surface area contributed by atoms with Gasteiger partial charge in [0.05, 0.1) is 5.02 Å². The number of benzene rings is 1. The van der Waals surface area contributed by atoms with Crippen LogP contribution in [0.2, 0.25) is 10.0 Å². The van der Waals surface area contributed by atoms with Crippen molar-refractivity contribution in [3.63, 3.8) is 0 Å². The van der Waals surface area contributed by atoms with E-state index in [-0.39, 0.29) is 6.61 Å². The number of aliphatic hydroxyl groups is 1. The average molecular weight is 350 g/mol. The molecule has 1 aliphatic rings. The van der Waals surface area contributed by atoms with Crippen LogP contribution >= 0.6 is 35.0 Å². The summed E-state index contributed by atoms with van der Waals surface area (Å²) in [7, 11) is 0. The Bertz CT molecular complexity index is 442. The van der Waals surface area contributed by atoms with Crippen molar-refractivity contribution in [1.29, 1.82) is 0 Å². The minimum Gasteiger partial charge on any atom is -0.489 e. The van der Waals surface area contributed by atoms with E-state index in [1.54, 1.807) is 18.2 Å². The summed E-state index contributed by atoms with van der Waals surface area (Å²) in [4.78, 5) is 0. The number of hydrogen-bond acceptors (Lipinski definition) is 4. The zero-order chi connectivity index (χ0) is 15.1. The zero-order valence-corrected chi connectivity index (χ0v) is 14.2. The molecular weight excluding hydrogens is 329 g/mol. The standard InChI is InChI=1S/C15H21Cl2NO2S/c16-11-4-5-15(14(17)7-11)20-10-12(19)8-18-9-13-3-1-2-6-21-13/h4-5,7,12-13,18-19H,1-3,6,8-10H2. The van der Waals surface area contributed by atoms with Gasteiger partial charge in [0, 0.05) is 23.4 Å². The number of aliphatic hydroxyl groups excluding tert-OH is 1. The maximum atomic E-state index is 9.92. The van der Waals surface area contributed by atoms with Crippen LogP contribution in [-0.4, -0.2) is 41.9 Å². The molecule has 6 heteroatoms. The summed E-state index contributed by atoms with van der Waals surface area (Å²) in [6.45, 7) is 1.69. The lowest BCUT2D eigenvalue weighted by Crippen LogP contribution is -2.35. The van der Waals surface area contributed by atoms with Gasteiger partial charge < -0.3 is 15.2 Å². The van der Waals surface area contributed by atoms with Gasteiger partial charge in [-0.05, 0) is 36.8 Å². The van der Waals surface area contributed by atoms with Crippen LogP contribution in [0.4, 0.5) is 0 Å². The molecule has 0 aliphatic carbocycles. The summed E-state index contributed by atoms with van der Waals surface area (Å²) in [5.74, 6) is 1.80. The first-order valence-corrected chi connectivity index (χ1v) is 9.04. The van der Waals surface area contributed by atoms with Gasteiger partial charge in [-0.25, -0.2) is 0 Å². The average Bonchev–Trinajstić information content (AvgIpc) is 2.47. The SMILES string of the molecule is OC(CNCC1CCCCS1)COc1ccc(Cl)cc1Cl. The highest BCUT2D eigenvalue weighted by atomic mass is 35.5. The Hall–Kier alpha value is -0.130. The molecule has 0 aromatic heterocycles. The molecule has 1 heterocycles. The summed E-state index contributed by atoms with van der Waals surface area (Å²) < 4.78 is 5.51. The summed E-state index contributed by atoms with van der Waals surface area (Å²) in [6, 6.07) is 5.06. The zero-order valence-electron chi connectivity index (χ0n) is 11.9. The van der Waals surface area contributed by atoms with E-state index in [0.717, 1.165) is 6.54 Å². The molecule has 0 bridgehead atoms. The molecule has 118 valence electrons. The molecule has 0 spiro atoms. The molecule has 1 aromatic rings. The van der Waals surface area contributed by atoms with Gasteiger partial charge in [0.2, 0.25) is 0 Å². The van der Waals surface area contributed by atoms with Crippen molar-refractivity contribution < 1.29 is 9.84 Å². The largest absolute Gasteiger partial charge is 0.489 e. The number of hydrogen-bond donors (Lipinski definition) is 2. The first-order chi connectivity index (χ1) is 10.1. The van der Waals surface area contributed by atoms with Gasteiger partial charge in [0.15, 0.2) is 0 Å². The first kappa shape index (κ1) is 17.2. The van der Waals surface area contributed by atoms with Crippen molar-refractivity contribution in [3.8, 4) is 5.75 Å². The van der Waals surface area contributed by atoms with Crippen molar-refractivity contribution in [1.82, 2.24) is 5.32 Å². The molecule has 2 atom stereocenters. The second-order valence-electron chi connectivity index (χ2n) is 5.19. The molecule has 3 nitrogen and oxygen atoms in total. The Labute approximate surface area is 140 Å². The monoisotopic (exact) mass is 349 g/mol. The molecule has 0 radical (unpaired) electrons. The summed E-state index contributed by atoms with van der Waals surface area (Å²) >= 11 is 13.9. The molecule has 1 aliphatic heterocycles. The highest BCUT2D eigenvalue weighted by Crippen LogP contribution is 2.27. The number of rotatable bonds is 7. The predicted molar refractivity (Wildman–Crippen MR) is 90.9 cm³/mol. The van der Waals surface area contributed by atoms with Crippen LogP contribution in [0.1, 0.15) is 19.3 Å². The summed E-state index contributed by atoms with van der Waals surface area (Å²) in [5, 5.41) is 14.9. The third-order valence-electron chi connectivity index (χ3n) is 3.35. The molecule has 2 rings (SSSR count). The Morgan fingerprint density at radius 2 is 2.24 bits per heavy atom. The summed E-state index contributed by atoms with van der Waals surface area (Å²) in [6.07, 6.45) is 3.37. The molecular formula is C15H21Cl2NO2S. The fourth-order valence-electron chi connectivity index (χ4n) is 2.22. The van der Waals surface area contributed by atoms with Crippen molar-refractivity contribution >= 4 is 35.0 Å². The van der Waals surface area contributed by atoms with Crippen LogP contribution in [0.3, 0.4) is 0 Å². The molecule has 1 aromatic carbocycles. The minimum absolute atomic E-state index is 0.214. The van der Waals surface area contributed by atoms with Crippen LogP contribution in [0, 0.1) is 0 Å². The van der Waals surface area contributed by atoms with Crippen molar-refractivity contribution in [2.45, 2.75) is 30.6 Å². The molecule has 0 saturated carbocycles. The second kappa shape index (κ2) is 9.11. The Balaban J connectivity index is 1.63. The van der Waals surface area contributed by atoms with Gasteiger partial charge in [0.25, 0.3) is 0 Å². The third-order valence-corrected chi connectivity index (χ3v) is 5.28. The second-order valence-corrected chi connectivity index (χ2v) is 7.44. The van der Waals surface area contributed by atoms with Crippen molar-refractivity contribution in [2.75, 3.05) is 25.4 Å². The Kier molecular flexibility index (Phi) is 7.47. The fraction of sp³-hybridized carbons (Fsp3) is 0.600. The lowest BCUT2D eigenvalue weighted by atomic mass is 10.2. The summed E-state index contributed by atoms with van der Waals surface area (Å²) in [5.41, 5.74) is 0. The highest BCUT2D eigenvalue weighted by Gasteiger charge is 2.14. The third kappa shape index (κ3) is 6.25. The Morgan fingerprint density at radius 3 is 2.95 bits per heavy atom. The molecule has 2 N–H and O–H groups in total. The van der Waals surface area contributed by atoms with Crippen molar-refractivity contribution in [2.24, 2.45) is 0 Å². The quantitative estimate of drug-likeness (QED) is 0.788. The molecule has 2 unspecified atom stereocenters. The van der Waals surface area contributed by atoms with E-state index in [9.17, 15) is 5.11 Å². The fourth-order valence-corrected chi connectivity index (χ4v) is 3.95. The number of thioether (sulfide) groups is 1. The number of nitrogens with one attached hydrogen (secondary N) is 1. The van der Waals surface area contributed by atoms with Gasteiger partial charge >= 0.3 is 0 Å². The number of halogens is 2. The maximum Gasteiger partial charge on any atom is 0.138 e. The maximum absolute atomic E-state index is 9.92. The smallest absolute Gasteiger partial charge is 0.138 e. The van der Waals surface area contributed by atoms with E-state index in [1.807, 2.05) is 11.8 Å². The van der Waals surface area contributed by atoms with Gasteiger partial charge in [-0.15, -0.1) is 0 Å². The van der Waals surface area contributed by atoms with E-state index < -0.39 is 6.10 Å². The lowest BCUT2D eigenvalue weighted by molar-refractivity contribution is 0.106. The topological polar surface area (TPSA) is 41.5 Å². The van der Waals surface area contributed by atoms with Crippen LogP contribution in [0.15, 0.2) is 18.2 Å². The predicted octanol–water partition coefficient (Wildman–Crippen LogP) is 3.61. The van der Waals surface area contributed by atoms with Gasteiger partial charge in [-0.3, -0.25) is 0 Å². The van der Waals surface area contributed by atoms with Crippen LogP contribution < -0.4 is 10.1 Å². The van der Waals surface area contributed by atoms with Crippen molar-refractivity contribution in [3.05, 3.63) is 28.2 Å². The normalized spacial score (nSPS) is 20.2.